The lowest BCUT2D eigenvalue weighted by Crippen LogP contribution is -2.04. The number of nitrogens with zero attached hydrogens (tertiary/aromatic N) is 1. The maximum absolute atomic E-state index is 10.5. The van der Waals surface area contributed by atoms with Gasteiger partial charge in [0.05, 0.1) is 0 Å². The lowest BCUT2D eigenvalue weighted by molar-refractivity contribution is 0.574. The highest BCUT2D eigenvalue weighted by Crippen LogP contribution is 1.96. The number of rotatable bonds is 2. The number of allylic oxidation sites excluding steroid dienone is 4. The van der Waals surface area contributed by atoms with Crippen molar-refractivity contribution in [2.24, 2.45) is 0 Å². The van der Waals surface area contributed by atoms with Crippen molar-refractivity contribution in [3.8, 4) is 0 Å². The number of hydrogen-bond acceptors (Lipinski definition) is 2. The first-order valence-electron chi connectivity index (χ1n) is 2.89. The standard InChI is InChI=1S/C7H12NO/c1-4-5-6-7(2)8(3)9/h4-6H,1-3H3/q-1/b5-4-,7-6+. The molecule has 2 nitrogen and oxygen atoms in total. The molecule has 0 aliphatic heterocycles. The van der Waals surface area contributed by atoms with Crippen LogP contribution in [0.1, 0.15) is 13.8 Å². The summed E-state index contributed by atoms with van der Waals surface area (Å²) < 4.78 is 0. The van der Waals surface area contributed by atoms with Gasteiger partial charge < -0.3 is 10.3 Å². The summed E-state index contributed by atoms with van der Waals surface area (Å²) in [6, 6.07) is 0. The summed E-state index contributed by atoms with van der Waals surface area (Å²) in [4.78, 5) is 0. The minimum absolute atomic E-state index is 0.716. The Bertz CT molecular complexity index is 125. The predicted molar refractivity (Wildman–Crippen MR) is 39.7 cm³/mol. The zero-order chi connectivity index (χ0) is 7.28. The van der Waals surface area contributed by atoms with Crippen LogP contribution in [0.2, 0.25) is 0 Å². The van der Waals surface area contributed by atoms with Gasteiger partial charge in [0.15, 0.2) is 0 Å². The van der Waals surface area contributed by atoms with Gasteiger partial charge in [-0.3, -0.25) is 0 Å². The van der Waals surface area contributed by atoms with Crippen LogP contribution in [-0.4, -0.2) is 12.1 Å². The molecule has 0 unspecified atom stereocenters. The van der Waals surface area contributed by atoms with Crippen molar-refractivity contribution in [1.82, 2.24) is 5.06 Å². The van der Waals surface area contributed by atoms with Gasteiger partial charge in [0.1, 0.15) is 0 Å². The zero-order valence-corrected chi connectivity index (χ0v) is 6.09. The van der Waals surface area contributed by atoms with E-state index in [1.807, 2.05) is 19.1 Å². The summed E-state index contributed by atoms with van der Waals surface area (Å²) in [6.07, 6.45) is 5.49. The fourth-order valence-corrected chi connectivity index (χ4v) is 0.340. The molecule has 0 spiro atoms. The molecule has 0 N–H and O–H groups in total. The van der Waals surface area contributed by atoms with Gasteiger partial charge in [-0.15, -0.1) is 0 Å². The van der Waals surface area contributed by atoms with Gasteiger partial charge in [-0.25, -0.2) is 0 Å². The van der Waals surface area contributed by atoms with Crippen molar-refractivity contribution < 1.29 is 0 Å². The third kappa shape index (κ3) is 3.79. The molecule has 0 heterocycles. The molecule has 0 bridgehead atoms. The third-order valence-corrected chi connectivity index (χ3v) is 1.03. The van der Waals surface area contributed by atoms with Gasteiger partial charge >= 0.3 is 0 Å². The van der Waals surface area contributed by atoms with Crippen molar-refractivity contribution in [1.29, 1.82) is 0 Å². The molecule has 0 saturated carbocycles. The van der Waals surface area contributed by atoms with Gasteiger partial charge in [0.2, 0.25) is 0 Å². The average Bonchev–Trinajstić information content (AvgIpc) is 1.82. The van der Waals surface area contributed by atoms with Crippen LogP contribution in [0.3, 0.4) is 0 Å². The van der Waals surface area contributed by atoms with Crippen molar-refractivity contribution in [3.05, 3.63) is 29.1 Å². The van der Waals surface area contributed by atoms with E-state index in [4.69, 9.17) is 0 Å². The Hall–Kier alpha value is -0.760. The second-order valence-corrected chi connectivity index (χ2v) is 1.83. The van der Waals surface area contributed by atoms with Gasteiger partial charge in [-0.2, -0.15) is 0 Å². The molecule has 0 aliphatic rings. The summed E-state index contributed by atoms with van der Waals surface area (Å²) in [6.45, 7) is 3.68. The summed E-state index contributed by atoms with van der Waals surface area (Å²) in [5.41, 5.74) is 0.716. The molecular formula is C7H12NO-. The molecule has 0 aromatic carbocycles. The molecule has 0 aromatic heterocycles. The van der Waals surface area contributed by atoms with Crippen LogP contribution in [0.5, 0.6) is 0 Å². The Morgan fingerprint density at radius 1 is 1.56 bits per heavy atom. The van der Waals surface area contributed by atoms with Crippen molar-refractivity contribution in [2.45, 2.75) is 13.8 Å². The van der Waals surface area contributed by atoms with Crippen molar-refractivity contribution >= 4 is 0 Å². The molecule has 0 rings (SSSR count). The predicted octanol–water partition coefficient (Wildman–Crippen LogP) is 1.90. The van der Waals surface area contributed by atoms with Gasteiger partial charge in [-0.05, 0) is 32.7 Å². The molecule has 0 atom stereocenters. The van der Waals surface area contributed by atoms with E-state index in [2.05, 4.69) is 0 Å². The zero-order valence-electron chi connectivity index (χ0n) is 6.09. The first-order chi connectivity index (χ1) is 4.18. The topological polar surface area (TPSA) is 26.3 Å². The van der Waals surface area contributed by atoms with E-state index in [9.17, 15) is 5.21 Å². The van der Waals surface area contributed by atoms with Crippen LogP contribution >= 0.6 is 0 Å². The van der Waals surface area contributed by atoms with Crippen LogP contribution in [0, 0.1) is 5.21 Å². The smallest absolute Gasteiger partial charge is 0.000821 e. The first-order valence-corrected chi connectivity index (χ1v) is 2.89. The van der Waals surface area contributed by atoms with Crippen LogP contribution < -0.4 is 0 Å². The van der Waals surface area contributed by atoms with E-state index in [1.54, 1.807) is 13.0 Å². The highest BCUT2D eigenvalue weighted by molar-refractivity contribution is 5.08. The Labute approximate surface area is 56.1 Å². The van der Waals surface area contributed by atoms with Crippen LogP contribution in [0.4, 0.5) is 0 Å². The Morgan fingerprint density at radius 3 is 2.44 bits per heavy atom. The van der Waals surface area contributed by atoms with Gasteiger partial charge in [-0.1, -0.05) is 12.2 Å². The van der Waals surface area contributed by atoms with E-state index >= 15 is 0 Å². The van der Waals surface area contributed by atoms with E-state index in [-0.39, 0.29) is 0 Å². The minimum atomic E-state index is 0.716. The normalized spacial score (nSPS) is 12.7. The molecule has 0 fully saturated rings. The Kier molecular flexibility index (Phi) is 3.80. The summed E-state index contributed by atoms with van der Waals surface area (Å²) in [5, 5.41) is 11.3. The SMILES string of the molecule is C/C=C\C=C(/C)N(C)[O-]. The van der Waals surface area contributed by atoms with Crippen LogP contribution in [-0.2, 0) is 0 Å². The lowest BCUT2D eigenvalue weighted by atomic mass is 10.4. The molecule has 0 aromatic rings. The van der Waals surface area contributed by atoms with E-state index in [0.29, 0.717) is 5.70 Å². The minimum Gasteiger partial charge on any atom is -0.759 e. The summed E-state index contributed by atoms with van der Waals surface area (Å²) in [7, 11) is 1.48. The summed E-state index contributed by atoms with van der Waals surface area (Å²) in [5.74, 6) is 0. The fraction of sp³-hybridized carbons (Fsp3) is 0.429. The Morgan fingerprint density at radius 2 is 2.11 bits per heavy atom. The van der Waals surface area contributed by atoms with Gasteiger partial charge in [0.25, 0.3) is 0 Å². The highest BCUT2D eigenvalue weighted by Gasteiger charge is 1.78. The van der Waals surface area contributed by atoms with Gasteiger partial charge in [0, 0.05) is 0 Å². The molecule has 0 saturated heterocycles. The highest BCUT2D eigenvalue weighted by atomic mass is 16.5. The molecule has 2 heteroatoms. The van der Waals surface area contributed by atoms with Crippen molar-refractivity contribution in [2.75, 3.05) is 7.05 Å². The number of hydroxylamine groups is 2. The maximum atomic E-state index is 10.5. The molecule has 0 amide bonds. The molecule has 52 valence electrons. The molecule has 0 aliphatic carbocycles. The molecule has 9 heavy (non-hydrogen) atoms. The fourth-order valence-electron chi connectivity index (χ4n) is 0.340. The van der Waals surface area contributed by atoms with Crippen molar-refractivity contribution in [3.63, 3.8) is 0 Å². The maximum Gasteiger partial charge on any atom is -0.000821 e. The summed E-state index contributed by atoms with van der Waals surface area (Å²) >= 11 is 0. The van der Waals surface area contributed by atoms with E-state index in [0.717, 1.165) is 5.06 Å². The second-order valence-electron chi connectivity index (χ2n) is 1.83. The lowest BCUT2D eigenvalue weighted by Gasteiger charge is -2.24. The Balaban J connectivity index is 3.84. The monoisotopic (exact) mass is 126 g/mol. The largest absolute Gasteiger partial charge is 0.759 e. The van der Waals surface area contributed by atoms with Crippen LogP contribution in [0.15, 0.2) is 23.9 Å². The van der Waals surface area contributed by atoms with Crippen LogP contribution in [0.25, 0.3) is 0 Å². The molecule has 0 radical (unpaired) electrons. The first kappa shape index (κ1) is 8.24. The quantitative estimate of drug-likeness (QED) is 0.417. The second kappa shape index (κ2) is 4.15. The van der Waals surface area contributed by atoms with E-state index in [1.165, 1.54) is 7.05 Å². The third-order valence-electron chi connectivity index (χ3n) is 1.03. The average molecular weight is 126 g/mol. The number of hydrogen-bond donors (Lipinski definition) is 0. The van der Waals surface area contributed by atoms with E-state index < -0.39 is 0 Å². The molecular weight excluding hydrogens is 114 g/mol.